The quantitative estimate of drug-likeness (QED) is 0.722. The summed E-state index contributed by atoms with van der Waals surface area (Å²) in [4.78, 5) is 20.1. The highest BCUT2D eigenvalue weighted by Gasteiger charge is 2.27. The van der Waals surface area contributed by atoms with Crippen molar-refractivity contribution in [1.29, 1.82) is 0 Å². The smallest absolute Gasteiger partial charge is 0.302 e. The van der Waals surface area contributed by atoms with Crippen molar-refractivity contribution < 1.29 is 9.53 Å². The summed E-state index contributed by atoms with van der Waals surface area (Å²) < 4.78 is 5.21. The number of aromatic nitrogens is 2. The fourth-order valence-corrected chi connectivity index (χ4v) is 3.95. The summed E-state index contributed by atoms with van der Waals surface area (Å²) in [5.74, 6) is 1.62. The molecule has 1 unspecified atom stereocenters. The van der Waals surface area contributed by atoms with Crippen molar-refractivity contribution in [3.8, 4) is 17.1 Å². The summed E-state index contributed by atoms with van der Waals surface area (Å²) in [6, 6.07) is 13.9. The highest BCUT2D eigenvalue weighted by molar-refractivity contribution is 8.14. The van der Waals surface area contributed by atoms with Crippen molar-refractivity contribution in [3.63, 3.8) is 0 Å². The Morgan fingerprint density at radius 3 is 2.63 bits per heavy atom. The van der Waals surface area contributed by atoms with Gasteiger partial charge in [-0.2, -0.15) is 5.10 Å². The standard InChI is InChI=1S/C20H20N4O2S/c1-4-24-20(25)27-12(2)18(23-24)14-7-10-16-17(11-14)22-19(21-16)13-5-8-15(26-3)9-6-13/h5-12H,4H2,1-3H3,(H,21,22). The number of ether oxygens (including phenoxy) is 1. The number of hydrogen-bond acceptors (Lipinski definition) is 5. The van der Waals surface area contributed by atoms with Crippen LogP contribution in [0.4, 0.5) is 4.79 Å². The molecule has 1 aliphatic heterocycles. The molecule has 0 fully saturated rings. The van der Waals surface area contributed by atoms with E-state index in [-0.39, 0.29) is 10.5 Å². The van der Waals surface area contributed by atoms with Crippen LogP contribution >= 0.6 is 11.8 Å². The third-order valence-electron chi connectivity index (χ3n) is 4.54. The summed E-state index contributed by atoms with van der Waals surface area (Å²) >= 11 is 1.30. The first-order chi connectivity index (χ1) is 13.1. The molecule has 0 saturated heterocycles. The lowest BCUT2D eigenvalue weighted by Gasteiger charge is -2.25. The summed E-state index contributed by atoms with van der Waals surface area (Å²) in [5.41, 5.74) is 4.72. The fraction of sp³-hybridized carbons (Fsp3) is 0.250. The monoisotopic (exact) mass is 380 g/mol. The molecule has 6 nitrogen and oxygen atoms in total. The third-order valence-corrected chi connectivity index (χ3v) is 5.53. The van der Waals surface area contributed by atoms with Crippen LogP contribution in [-0.2, 0) is 0 Å². The van der Waals surface area contributed by atoms with Gasteiger partial charge in [-0.15, -0.1) is 0 Å². The minimum Gasteiger partial charge on any atom is -0.497 e. The molecule has 0 aliphatic carbocycles. The van der Waals surface area contributed by atoms with Crippen molar-refractivity contribution in [2.75, 3.05) is 13.7 Å². The van der Waals surface area contributed by atoms with Gasteiger partial charge in [0.2, 0.25) is 0 Å². The van der Waals surface area contributed by atoms with E-state index in [0.29, 0.717) is 6.54 Å². The molecule has 7 heteroatoms. The van der Waals surface area contributed by atoms with Crippen LogP contribution in [0.3, 0.4) is 0 Å². The molecule has 1 aromatic heterocycles. The molecule has 1 amide bonds. The van der Waals surface area contributed by atoms with Crippen LogP contribution in [0.25, 0.3) is 22.4 Å². The number of carbonyl (C=O) groups excluding carboxylic acids is 1. The molecule has 0 radical (unpaired) electrons. The van der Waals surface area contributed by atoms with Gasteiger partial charge >= 0.3 is 5.24 Å². The Kier molecular flexibility index (Phi) is 4.61. The maximum absolute atomic E-state index is 12.0. The Labute approximate surface area is 161 Å². The zero-order valence-electron chi connectivity index (χ0n) is 15.4. The topological polar surface area (TPSA) is 70.6 Å². The number of fused-ring (bicyclic) bond motifs is 1. The van der Waals surface area contributed by atoms with E-state index in [0.717, 1.165) is 39.4 Å². The number of carbonyl (C=O) groups is 1. The normalized spacial score (nSPS) is 17.3. The Bertz CT molecular complexity index is 1030. The zero-order chi connectivity index (χ0) is 19.0. The van der Waals surface area contributed by atoms with E-state index in [2.05, 4.69) is 10.1 Å². The molecule has 0 saturated carbocycles. The number of nitrogens with zero attached hydrogens (tertiary/aromatic N) is 3. The van der Waals surface area contributed by atoms with Crippen LogP contribution < -0.4 is 4.74 Å². The first-order valence-corrected chi connectivity index (χ1v) is 9.68. The Balaban J connectivity index is 1.71. The fourth-order valence-electron chi connectivity index (χ4n) is 3.06. The number of methoxy groups -OCH3 is 1. The van der Waals surface area contributed by atoms with E-state index < -0.39 is 0 Å². The van der Waals surface area contributed by atoms with Gasteiger partial charge in [0.1, 0.15) is 11.6 Å². The van der Waals surface area contributed by atoms with Crippen LogP contribution in [0.15, 0.2) is 47.6 Å². The maximum Gasteiger partial charge on any atom is 0.302 e. The number of imidazole rings is 1. The molecule has 138 valence electrons. The molecule has 0 spiro atoms. The summed E-state index contributed by atoms with van der Waals surface area (Å²) in [5, 5.41) is 6.07. The first-order valence-electron chi connectivity index (χ1n) is 8.80. The number of hydrazone groups is 1. The molecule has 1 aliphatic rings. The van der Waals surface area contributed by atoms with E-state index in [1.165, 1.54) is 16.8 Å². The van der Waals surface area contributed by atoms with Gasteiger partial charge in [-0.3, -0.25) is 4.79 Å². The van der Waals surface area contributed by atoms with E-state index in [1.54, 1.807) is 7.11 Å². The average Bonchev–Trinajstić information content (AvgIpc) is 3.11. The van der Waals surface area contributed by atoms with Gasteiger partial charge in [-0.05, 0) is 50.2 Å². The van der Waals surface area contributed by atoms with Crippen molar-refractivity contribution in [2.24, 2.45) is 5.10 Å². The Morgan fingerprint density at radius 1 is 1.19 bits per heavy atom. The van der Waals surface area contributed by atoms with Crippen LogP contribution in [0, 0.1) is 0 Å². The number of H-pyrrole nitrogens is 1. The van der Waals surface area contributed by atoms with Crippen LogP contribution in [0.1, 0.15) is 19.4 Å². The van der Waals surface area contributed by atoms with Crippen molar-refractivity contribution >= 4 is 33.7 Å². The molecule has 4 rings (SSSR count). The van der Waals surface area contributed by atoms with E-state index in [1.807, 2.05) is 56.3 Å². The van der Waals surface area contributed by atoms with Crippen molar-refractivity contribution in [1.82, 2.24) is 15.0 Å². The lowest BCUT2D eigenvalue weighted by Crippen LogP contribution is -2.33. The van der Waals surface area contributed by atoms with E-state index in [9.17, 15) is 4.79 Å². The highest BCUT2D eigenvalue weighted by atomic mass is 32.2. The molecule has 2 aromatic carbocycles. The molecule has 1 N–H and O–H groups in total. The summed E-state index contributed by atoms with van der Waals surface area (Å²) in [7, 11) is 1.65. The van der Waals surface area contributed by atoms with Gasteiger partial charge in [0.05, 0.1) is 29.1 Å². The third kappa shape index (κ3) is 3.30. The second-order valence-electron chi connectivity index (χ2n) is 6.27. The number of aromatic amines is 1. The minimum absolute atomic E-state index is 0.00334. The van der Waals surface area contributed by atoms with Gasteiger partial charge in [0, 0.05) is 17.7 Å². The van der Waals surface area contributed by atoms with Crippen LogP contribution in [0.2, 0.25) is 0 Å². The summed E-state index contributed by atoms with van der Waals surface area (Å²) in [6.45, 7) is 4.49. The lowest BCUT2D eigenvalue weighted by atomic mass is 10.1. The minimum atomic E-state index is -0.00334. The maximum atomic E-state index is 12.0. The zero-order valence-corrected chi connectivity index (χ0v) is 16.2. The van der Waals surface area contributed by atoms with E-state index >= 15 is 0 Å². The molecule has 2 heterocycles. The Hall–Kier alpha value is -2.80. The number of hydrogen-bond donors (Lipinski definition) is 1. The van der Waals surface area contributed by atoms with Gasteiger partial charge in [0.25, 0.3) is 0 Å². The largest absolute Gasteiger partial charge is 0.497 e. The molecule has 0 bridgehead atoms. The number of rotatable bonds is 4. The van der Waals surface area contributed by atoms with Crippen LogP contribution in [-0.4, -0.2) is 44.8 Å². The average molecular weight is 380 g/mol. The number of amides is 1. The van der Waals surface area contributed by atoms with Gasteiger partial charge < -0.3 is 9.72 Å². The van der Waals surface area contributed by atoms with Gasteiger partial charge in [0.15, 0.2) is 0 Å². The van der Waals surface area contributed by atoms with Gasteiger partial charge in [-0.25, -0.2) is 9.99 Å². The first kappa shape index (κ1) is 17.6. The lowest BCUT2D eigenvalue weighted by molar-refractivity contribution is 0.227. The Morgan fingerprint density at radius 2 is 1.93 bits per heavy atom. The number of nitrogens with one attached hydrogen (secondary N) is 1. The highest BCUT2D eigenvalue weighted by Crippen LogP contribution is 2.28. The molecule has 3 aromatic rings. The SMILES string of the molecule is CCN1N=C(c2ccc3[nH]c(-c4ccc(OC)cc4)nc3c2)C(C)SC1=O. The molecular weight excluding hydrogens is 360 g/mol. The second kappa shape index (κ2) is 7.08. The predicted octanol–water partition coefficient (Wildman–Crippen LogP) is 4.52. The van der Waals surface area contributed by atoms with Crippen molar-refractivity contribution in [2.45, 2.75) is 19.1 Å². The molecule has 1 atom stereocenters. The number of thioether (sulfide) groups is 1. The second-order valence-corrected chi connectivity index (χ2v) is 7.56. The van der Waals surface area contributed by atoms with Gasteiger partial charge in [-0.1, -0.05) is 17.8 Å². The molecule has 27 heavy (non-hydrogen) atoms. The van der Waals surface area contributed by atoms with Crippen LogP contribution in [0.5, 0.6) is 5.75 Å². The number of benzene rings is 2. The van der Waals surface area contributed by atoms with Crippen molar-refractivity contribution in [3.05, 3.63) is 48.0 Å². The molecular formula is C20H20N4O2S. The predicted molar refractivity (Wildman–Crippen MR) is 109 cm³/mol. The summed E-state index contributed by atoms with van der Waals surface area (Å²) in [6.07, 6.45) is 0. The van der Waals surface area contributed by atoms with E-state index in [4.69, 9.17) is 9.72 Å².